The zero-order valence-electron chi connectivity index (χ0n) is 8.46. The lowest BCUT2D eigenvalue weighted by Gasteiger charge is -2.07. The van der Waals surface area contributed by atoms with Crippen LogP contribution in [-0.4, -0.2) is 18.6 Å². The average Bonchev–Trinajstić information content (AvgIpc) is 2.24. The Labute approximate surface area is 110 Å². The average molecular weight is 298 g/mol. The van der Waals surface area contributed by atoms with Gasteiger partial charge in [0.15, 0.2) is 0 Å². The summed E-state index contributed by atoms with van der Waals surface area (Å²) in [6.45, 7) is 0.286. The first kappa shape index (κ1) is 13.8. The largest absolute Gasteiger partial charge is 0.462 e. The Morgan fingerprint density at radius 1 is 1.19 bits per heavy atom. The zero-order valence-corrected chi connectivity index (χ0v) is 11.7. The van der Waals surface area contributed by atoms with Gasteiger partial charge in [-0.05, 0) is 24.6 Å². The molecule has 2 nitrogen and oxygen atoms in total. The Morgan fingerprint density at radius 3 is 2.38 bits per heavy atom. The van der Waals surface area contributed by atoms with Crippen LogP contribution in [0.15, 0.2) is 30.3 Å². The van der Waals surface area contributed by atoms with E-state index in [4.69, 9.17) is 38.0 Å². The van der Waals surface area contributed by atoms with Gasteiger partial charge >= 0.3 is 12.0 Å². The maximum atomic E-state index is 11.5. The van der Waals surface area contributed by atoms with E-state index in [-0.39, 0.29) is 12.6 Å². The summed E-state index contributed by atoms with van der Waals surface area (Å²) in [6.07, 6.45) is 0.585. The highest BCUT2D eigenvalue weighted by Gasteiger charge is 2.24. The number of ether oxygens (including phenoxy) is 1. The van der Waals surface area contributed by atoms with Crippen molar-refractivity contribution in [3.8, 4) is 0 Å². The van der Waals surface area contributed by atoms with E-state index in [0.29, 0.717) is 18.0 Å². The van der Waals surface area contributed by atoms with Gasteiger partial charge in [-0.1, -0.05) is 18.2 Å². The van der Waals surface area contributed by atoms with Crippen LogP contribution in [0.5, 0.6) is 0 Å². The molecule has 0 aliphatic rings. The van der Waals surface area contributed by atoms with Crippen LogP contribution in [0.4, 0.5) is 0 Å². The molecule has 0 amide bonds. The number of halogens is 3. The second-order valence-electron chi connectivity index (χ2n) is 3.22. The lowest BCUT2D eigenvalue weighted by Crippen LogP contribution is -2.12. The lowest BCUT2D eigenvalue weighted by atomic mass is 10.2. The first-order valence-electron chi connectivity index (χ1n) is 4.78. The molecule has 0 saturated carbocycles. The third-order valence-corrected chi connectivity index (χ3v) is 4.47. The van der Waals surface area contributed by atoms with Crippen LogP contribution < -0.4 is 0 Å². The first-order chi connectivity index (χ1) is 7.49. The molecule has 1 aromatic rings. The van der Waals surface area contributed by atoms with E-state index in [2.05, 4.69) is 0 Å². The maximum absolute atomic E-state index is 11.5. The fourth-order valence-electron chi connectivity index (χ4n) is 1.10. The van der Waals surface area contributed by atoms with Crippen LogP contribution in [0, 0.1) is 0 Å². The molecule has 0 fully saturated rings. The third kappa shape index (κ3) is 5.75. The van der Waals surface area contributed by atoms with Crippen molar-refractivity contribution in [1.82, 2.24) is 0 Å². The van der Waals surface area contributed by atoms with Crippen molar-refractivity contribution in [2.45, 2.75) is 12.5 Å². The van der Waals surface area contributed by atoms with Crippen molar-refractivity contribution in [3.63, 3.8) is 0 Å². The zero-order chi connectivity index (χ0) is 12.0. The van der Waals surface area contributed by atoms with Crippen molar-refractivity contribution in [2.75, 3.05) is 6.61 Å². The van der Waals surface area contributed by atoms with Crippen molar-refractivity contribution < 1.29 is 9.53 Å². The van der Waals surface area contributed by atoms with Crippen LogP contribution in [-0.2, 0) is 4.74 Å². The van der Waals surface area contributed by atoms with Gasteiger partial charge in [0.25, 0.3) is 0 Å². The maximum Gasteiger partial charge on any atom is 0.341 e. The third-order valence-electron chi connectivity index (χ3n) is 1.85. The Morgan fingerprint density at radius 2 is 1.81 bits per heavy atom. The number of carbonyl (C=O) groups excluding carboxylic acids is 1. The molecule has 0 radical (unpaired) electrons. The molecule has 0 spiro atoms. The minimum absolute atomic E-state index is 0.286. The highest BCUT2D eigenvalue weighted by Crippen LogP contribution is 2.26. The second kappa shape index (κ2) is 6.50. The quantitative estimate of drug-likeness (QED) is 0.357. The Hall–Kier alpha value is -0.223. The second-order valence-corrected chi connectivity index (χ2v) is 12.5. The highest BCUT2D eigenvalue weighted by molar-refractivity contribution is 7.64. The smallest absolute Gasteiger partial charge is 0.341 e. The molecule has 0 N–H and O–H groups in total. The summed E-state index contributed by atoms with van der Waals surface area (Å²) in [4.78, 5) is 11.5. The summed E-state index contributed by atoms with van der Waals surface area (Å²) < 4.78 is 5.03. The molecule has 0 atom stereocenters. The van der Waals surface area contributed by atoms with Gasteiger partial charge < -0.3 is 4.74 Å². The van der Waals surface area contributed by atoms with E-state index < -0.39 is 6.00 Å². The minimum atomic E-state index is -2.58. The fourth-order valence-corrected chi connectivity index (χ4v) is 2.84. The summed E-state index contributed by atoms with van der Waals surface area (Å²) in [6, 6.07) is 6.72. The number of esters is 1. The normalized spacial score (nSPS) is 11.2. The van der Waals surface area contributed by atoms with Gasteiger partial charge in [0.05, 0.1) is 12.2 Å². The molecule has 0 unspecified atom stereocenters. The molecule has 1 rings (SSSR count). The standard InChI is InChI=1S/C10H11Cl3O2Si/c11-16(12,13)8-4-7-15-10(14)9-5-2-1-3-6-9/h1-3,5-6H,4,7-8H2. The van der Waals surface area contributed by atoms with Crippen molar-refractivity contribution in [2.24, 2.45) is 0 Å². The molecule has 0 aliphatic carbocycles. The lowest BCUT2D eigenvalue weighted by molar-refractivity contribution is 0.0505. The summed E-state index contributed by atoms with van der Waals surface area (Å²) >= 11 is 17.1. The predicted octanol–water partition coefficient (Wildman–Crippen LogP) is 3.89. The predicted molar refractivity (Wildman–Crippen MR) is 69.5 cm³/mol. The SMILES string of the molecule is O=C(OCCC[Si](Cl)(Cl)Cl)c1ccccc1. The molecule has 0 saturated heterocycles. The van der Waals surface area contributed by atoms with E-state index >= 15 is 0 Å². The molecule has 1 aromatic carbocycles. The number of hydrogen-bond donors (Lipinski definition) is 0. The van der Waals surface area contributed by atoms with Gasteiger partial charge in [0.1, 0.15) is 0 Å². The van der Waals surface area contributed by atoms with Gasteiger partial charge in [0.2, 0.25) is 0 Å². The molecule has 0 aromatic heterocycles. The molecular formula is C10H11Cl3O2Si. The van der Waals surface area contributed by atoms with E-state index in [1.165, 1.54) is 0 Å². The van der Waals surface area contributed by atoms with Crippen LogP contribution in [0.3, 0.4) is 0 Å². The van der Waals surface area contributed by atoms with Gasteiger partial charge in [-0.25, -0.2) is 4.79 Å². The fraction of sp³-hybridized carbons (Fsp3) is 0.300. The van der Waals surface area contributed by atoms with Crippen molar-refractivity contribution in [1.29, 1.82) is 0 Å². The minimum Gasteiger partial charge on any atom is -0.462 e. The molecule has 6 heteroatoms. The molecule has 0 heterocycles. The number of carbonyl (C=O) groups is 1. The Bertz CT molecular complexity index is 338. The first-order valence-corrected chi connectivity index (χ1v) is 10.0. The monoisotopic (exact) mass is 296 g/mol. The summed E-state index contributed by atoms with van der Waals surface area (Å²) in [5, 5.41) is 0. The van der Waals surface area contributed by atoms with E-state index in [9.17, 15) is 4.79 Å². The van der Waals surface area contributed by atoms with Crippen LogP contribution in [0.2, 0.25) is 6.04 Å². The van der Waals surface area contributed by atoms with Crippen molar-refractivity contribution >= 4 is 45.2 Å². The van der Waals surface area contributed by atoms with Crippen LogP contribution in [0.25, 0.3) is 0 Å². The van der Waals surface area contributed by atoms with Gasteiger partial charge in [-0.2, -0.15) is 0 Å². The van der Waals surface area contributed by atoms with Gasteiger partial charge in [-0.3, -0.25) is 0 Å². The Kier molecular flexibility index (Phi) is 5.62. The van der Waals surface area contributed by atoms with E-state index in [1.54, 1.807) is 24.3 Å². The molecule has 16 heavy (non-hydrogen) atoms. The topological polar surface area (TPSA) is 26.3 Å². The summed E-state index contributed by atoms with van der Waals surface area (Å²) in [5.74, 6) is -0.341. The molecule has 0 aliphatic heterocycles. The van der Waals surface area contributed by atoms with E-state index in [1.807, 2.05) is 6.07 Å². The number of benzene rings is 1. The highest BCUT2D eigenvalue weighted by atomic mass is 35.8. The number of hydrogen-bond acceptors (Lipinski definition) is 2. The van der Waals surface area contributed by atoms with Crippen molar-refractivity contribution in [3.05, 3.63) is 35.9 Å². The molecular weight excluding hydrogens is 287 g/mol. The number of rotatable bonds is 5. The Balaban J connectivity index is 2.27. The molecule has 0 bridgehead atoms. The van der Waals surface area contributed by atoms with Gasteiger partial charge in [-0.15, -0.1) is 33.2 Å². The summed E-state index contributed by atoms with van der Waals surface area (Å²) in [5.41, 5.74) is 0.536. The van der Waals surface area contributed by atoms with E-state index in [0.717, 1.165) is 0 Å². The summed E-state index contributed by atoms with van der Waals surface area (Å²) in [7, 11) is 0. The van der Waals surface area contributed by atoms with Gasteiger partial charge in [0, 0.05) is 0 Å². The molecule has 88 valence electrons. The van der Waals surface area contributed by atoms with Crippen LogP contribution >= 0.6 is 33.2 Å². The van der Waals surface area contributed by atoms with Crippen LogP contribution in [0.1, 0.15) is 16.8 Å².